The highest BCUT2D eigenvalue weighted by atomic mass is 32.2. The third kappa shape index (κ3) is 5.53. The van der Waals surface area contributed by atoms with Gasteiger partial charge in [-0.15, -0.1) is 11.3 Å². The molecule has 42 heavy (non-hydrogen) atoms. The first kappa shape index (κ1) is 28.4. The normalized spacial score (nSPS) is 15.0. The van der Waals surface area contributed by atoms with Gasteiger partial charge in [0.2, 0.25) is 10.0 Å². The summed E-state index contributed by atoms with van der Waals surface area (Å²) < 4.78 is 48.0. The minimum atomic E-state index is -3.17. The Labute approximate surface area is 245 Å². The van der Waals surface area contributed by atoms with Crippen molar-refractivity contribution in [1.82, 2.24) is 39.0 Å². The molecule has 2 N–H and O–H groups in total. The Hall–Kier alpha value is -3.76. The van der Waals surface area contributed by atoms with Crippen LogP contribution in [0.15, 0.2) is 42.9 Å². The zero-order chi connectivity index (χ0) is 29.4. The van der Waals surface area contributed by atoms with Gasteiger partial charge in [-0.2, -0.15) is 14.5 Å². The van der Waals surface area contributed by atoms with E-state index in [4.69, 9.17) is 9.72 Å². The number of thiazole rings is 1. The van der Waals surface area contributed by atoms with Crippen LogP contribution in [-0.2, 0) is 16.6 Å². The maximum atomic E-state index is 15.1. The zero-order valence-corrected chi connectivity index (χ0v) is 24.6. The topological polar surface area (TPSA) is 142 Å². The van der Waals surface area contributed by atoms with Gasteiger partial charge in [-0.1, -0.05) is 12.1 Å². The number of nitrogens with one attached hydrogen (secondary N) is 1. The molecular weight excluding hydrogens is 583 g/mol. The van der Waals surface area contributed by atoms with E-state index in [1.165, 1.54) is 34.3 Å². The molecule has 220 valence electrons. The Morgan fingerprint density at radius 3 is 2.69 bits per heavy atom. The highest BCUT2D eigenvalue weighted by molar-refractivity contribution is 7.88. The van der Waals surface area contributed by atoms with E-state index in [1.807, 2.05) is 25.3 Å². The predicted octanol–water partition coefficient (Wildman–Crippen LogP) is 2.81. The molecule has 1 aliphatic rings. The van der Waals surface area contributed by atoms with Crippen molar-refractivity contribution in [1.29, 1.82) is 0 Å². The van der Waals surface area contributed by atoms with Crippen molar-refractivity contribution in [3.05, 3.63) is 59.9 Å². The van der Waals surface area contributed by atoms with Gasteiger partial charge in [-0.25, -0.2) is 27.3 Å². The number of aromatic nitrogens is 6. The van der Waals surface area contributed by atoms with Crippen LogP contribution in [0.3, 0.4) is 0 Å². The smallest absolute Gasteiger partial charge is 0.211 e. The Morgan fingerprint density at radius 2 is 1.98 bits per heavy atom. The standard InChI is InChI=1S/C27H29FN8O4S2/c1-17-22(27-31-24(25(41-27)26-29-16-30-32-26)23-18(15-37)4-3-5-20(23)28)21-14-19(6-7-36(21)33-17)40-13-12-34-8-10-35(11-9-34)42(2,38)39/h3-7,14,16,37H,8-13,15H2,1-2H3,(H,29,30,32). The van der Waals surface area contributed by atoms with Gasteiger partial charge in [0.25, 0.3) is 0 Å². The number of rotatable bonds is 9. The molecule has 15 heteroatoms. The first-order chi connectivity index (χ1) is 20.2. The Bertz CT molecular complexity index is 1830. The molecule has 0 amide bonds. The van der Waals surface area contributed by atoms with Gasteiger partial charge in [0, 0.05) is 50.6 Å². The number of aliphatic hydroxyl groups excluding tert-OH is 1. The quantitative estimate of drug-likeness (QED) is 0.257. The molecule has 6 rings (SSSR count). The summed E-state index contributed by atoms with van der Waals surface area (Å²) in [5, 5.41) is 22.0. The van der Waals surface area contributed by atoms with E-state index >= 15 is 4.39 Å². The molecule has 0 spiro atoms. The SMILES string of the molecule is Cc1nn2ccc(OCCN3CCN(S(C)(=O)=O)CC3)cc2c1-c1nc(-c2c(F)cccc2CO)c(-c2ncn[nH]2)s1. The molecule has 0 unspecified atom stereocenters. The van der Waals surface area contributed by atoms with Crippen LogP contribution in [0.4, 0.5) is 4.39 Å². The fourth-order valence-electron chi connectivity index (χ4n) is 5.11. The third-order valence-corrected chi connectivity index (χ3v) is 9.62. The van der Waals surface area contributed by atoms with Crippen molar-refractivity contribution >= 4 is 26.9 Å². The lowest BCUT2D eigenvalue weighted by Gasteiger charge is -2.33. The van der Waals surface area contributed by atoms with Gasteiger partial charge >= 0.3 is 0 Å². The summed E-state index contributed by atoms with van der Waals surface area (Å²) in [7, 11) is -3.17. The van der Waals surface area contributed by atoms with Crippen LogP contribution >= 0.6 is 11.3 Å². The first-order valence-corrected chi connectivity index (χ1v) is 15.9. The molecule has 0 saturated carbocycles. The molecule has 5 heterocycles. The molecule has 1 aliphatic heterocycles. The molecule has 12 nitrogen and oxygen atoms in total. The van der Waals surface area contributed by atoms with Gasteiger partial charge in [0.1, 0.15) is 29.5 Å². The number of pyridine rings is 1. The van der Waals surface area contributed by atoms with Crippen molar-refractivity contribution in [3.63, 3.8) is 0 Å². The Kier molecular flexibility index (Phi) is 7.76. The van der Waals surface area contributed by atoms with Crippen LogP contribution in [0.1, 0.15) is 11.3 Å². The number of aryl methyl sites for hydroxylation is 1. The largest absolute Gasteiger partial charge is 0.492 e. The molecule has 0 aliphatic carbocycles. The Balaban J connectivity index is 1.29. The highest BCUT2D eigenvalue weighted by Crippen LogP contribution is 2.43. The van der Waals surface area contributed by atoms with Crippen molar-refractivity contribution in [2.75, 3.05) is 45.6 Å². The molecule has 5 aromatic rings. The average Bonchev–Trinajstić information content (AvgIpc) is 3.71. The summed E-state index contributed by atoms with van der Waals surface area (Å²) in [6, 6.07) is 8.29. The number of piperazine rings is 1. The van der Waals surface area contributed by atoms with Crippen molar-refractivity contribution in [2.24, 2.45) is 0 Å². The first-order valence-electron chi connectivity index (χ1n) is 13.3. The van der Waals surface area contributed by atoms with Crippen LogP contribution in [0.25, 0.3) is 38.0 Å². The fourth-order valence-corrected chi connectivity index (χ4v) is 7.06. The number of hydrogen-bond acceptors (Lipinski definition) is 10. The number of sulfonamides is 1. The monoisotopic (exact) mass is 612 g/mol. The van der Waals surface area contributed by atoms with Crippen LogP contribution in [0, 0.1) is 12.7 Å². The average molecular weight is 613 g/mol. The van der Waals surface area contributed by atoms with E-state index in [0.29, 0.717) is 72.0 Å². The number of fused-ring (bicyclic) bond motifs is 1. The van der Waals surface area contributed by atoms with Crippen LogP contribution in [-0.4, -0.2) is 98.1 Å². The third-order valence-electron chi connectivity index (χ3n) is 7.24. The van der Waals surface area contributed by atoms with Gasteiger partial charge in [-0.3, -0.25) is 10.00 Å². The van der Waals surface area contributed by atoms with E-state index in [2.05, 4.69) is 25.2 Å². The number of H-pyrrole nitrogens is 1. The number of ether oxygens (including phenoxy) is 1. The Morgan fingerprint density at radius 1 is 1.17 bits per heavy atom. The summed E-state index contributed by atoms with van der Waals surface area (Å²) in [6.45, 7) is 4.90. The molecule has 4 aromatic heterocycles. The summed E-state index contributed by atoms with van der Waals surface area (Å²) in [4.78, 5) is 11.9. The summed E-state index contributed by atoms with van der Waals surface area (Å²) >= 11 is 1.33. The lowest BCUT2D eigenvalue weighted by Crippen LogP contribution is -2.49. The van der Waals surface area contributed by atoms with Gasteiger partial charge in [-0.05, 0) is 24.6 Å². The molecule has 1 aromatic carbocycles. The second-order valence-electron chi connectivity index (χ2n) is 9.97. The number of hydrogen-bond donors (Lipinski definition) is 2. The minimum absolute atomic E-state index is 0.212. The van der Waals surface area contributed by atoms with Gasteiger partial charge in [0.05, 0.1) is 40.2 Å². The second-order valence-corrected chi connectivity index (χ2v) is 12.9. The van der Waals surface area contributed by atoms with Crippen molar-refractivity contribution in [2.45, 2.75) is 13.5 Å². The maximum Gasteiger partial charge on any atom is 0.211 e. The van der Waals surface area contributed by atoms with E-state index in [0.717, 1.165) is 16.8 Å². The number of nitrogens with zero attached hydrogens (tertiary/aromatic N) is 7. The molecular formula is C27H29FN8O4S2. The second kappa shape index (κ2) is 11.5. The van der Waals surface area contributed by atoms with E-state index < -0.39 is 15.8 Å². The van der Waals surface area contributed by atoms with E-state index in [9.17, 15) is 13.5 Å². The highest BCUT2D eigenvalue weighted by Gasteiger charge is 2.26. The summed E-state index contributed by atoms with van der Waals surface area (Å²) in [5.41, 5.74) is 3.26. The van der Waals surface area contributed by atoms with Crippen LogP contribution in [0.5, 0.6) is 5.75 Å². The predicted molar refractivity (Wildman–Crippen MR) is 156 cm³/mol. The maximum absolute atomic E-state index is 15.1. The number of halogens is 1. The minimum Gasteiger partial charge on any atom is -0.492 e. The van der Waals surface area contributed by atoms with Crippen LogP contribution in [0.2, 0.25) is 0 Å². The molecule has 1 fully saturated rings. The number of aromatic amines is 1. The van der Waals surface area contributed by atoms with Crippen LogP contribution < -0.4 is 4.74 Å². The van der Waals surface area contributed by atoms with Gasteiger partial charge in [0.15, 0.2) is 5.82 Å². The van der Waals surface area contributed by atoms with E-state index in [1.54, 1.807) is 16.6 Å². The zero-order valence-electron chi connectivity index (χ0n) is 23.0. The molecule has 0 atom stereocenters. The summed E-state index contributed by atoms with van der Waals surface area (Å²) in [5.74, 6) is 0.600. The number of aliphatic hydroxyl groups is 1. The fraction of sp³-hybridized carbons (Fsp3) is 0.333. The molecule has 0 radical (unpaired) electrons. The van der Waals surface area contributed by atoms with Crippen molar-refractivity contribution < 1.29 is 22.7 Å². The number of benzene rings is 1. The molecule has 0 bridgehead atoms. The molecule has 1 saturated heterocycles. The van der Waals surface area contributed by atoms with Crippen molar-refractivity contribution in [3.8, 4) is 38.3 Å². The lowest BCUT2D eigenvalue weighted by atomic mass is 10.0. The van der Waals surface area contributed by atoms with E-state index in [-0.39, 0.29) is 12.2 Å². The van der Waals surface area contributed by atoms with Gasteiger partial charge < -0.3 is 9.84 Å². The summed E-state index contributed by atoms with van der Waals surface area (Å²) in [6.07, 6.45) is 4.43. The lowest BCUT2D eigenvalue weighted by molar-refractivity contribution is 0.159.